The van der Waals surface area contributed by atoms with E-state index in [2.05, 4.69) is 4.98 Å². The standard InChI is InChI=1S/C20H11N3O5S/c24-17-11-15(12-4-2-1-3-5-12)14-7-6-13(10-16(14)28-17)27-18-19(23(25)26)22-8-9-29-20(22)21-18/h1-11H. The third-order valence-electron chi connectivity index (χ3n) is 4.39. The van der Waals surface area contributed by atoms with Crippen molar-refractivity contribution in [2.45, 2.75) is 0 Å². The Morgan fingerprint density at radius 2 is 1.97 bits per heavy atom. The number of aromatic nitrogens is 2. The molecule has 3 aromatic heterocycles. The summed E-state index contributed by atoms with van der Waals surface area (Å²) in [6.45, 7) is 0. The lowest BCUT2D eigenvalue weighted by atomic mass is 10.0. The Labute approximate surface area is 166 Å². The second-order valence-electron chi connectivity index (χ2n) is 6.16. The molecule has 29 heavy (non-hydrogen) atoms. The predicted octanol–water partition coefficient (Wildman–Crippen LogP) is 4.87. The van der Waals surface area contributed by atoms with Crippen LogP contribution in [0.1, 0.15) is 0 Å². The zero-order valence-corrected chi connectivity index (χ0v) is 15.5. The van der Waals surface area contributed by atoms with Crippen LogP contribution in [-0.2, 0) is 0 Å². The summed E-state index contributed by atoms with van der Waals surface area (Å²) in [7, 11) is 0. The Bertz CT molecular complexity index is 1440. The van der Waals surface area contributed by atoms with Gasteiger partial charge in [0.15, 0.2) is 0 Å². The van der Waals surface area contributed by atoms with Gasteiger partial charge in [-0.15, -0.1) is 0 Å². The minimum absolute atomic E-state index is 0.122. The number of imidazole rings is 1. The van der Waals surface area contributed by atoms with E-state index in [1.54, 1.807) is 23.7 Å². The second kappa shape index (κ2) is 6.57. The van der Waals surface area contributed by atoms with Gasteiger partial charge in [0.25, 0.3) is 4.96 Å². The molecule has 5 rings (SSSR count). The van der Waals surface area contributed by atoms with Crippen molar-refractivity contribution in [2.75, 3.05) is 0 Å². The van der Waals surface area contributed by atoms with Gasteiger partial charge in [-0.1, -0.05) is 41.7 Å². The Morgan fingerprint density at radius 1 is 1.14 bits per heavy atom. The highest BCUT2D eigenvalue weighted by molar-refractivity contribution is 7.15. The molecule has 0 fully saturated rings. The molecule has 0 aliphatic carbocycles. The van der Waals surface area contributed by atoms with Gasteiger partial charge < -0.3 is 19.3 Å². The van der Waals surface area contributed by atoms with E-state index in [9.17, 15) is 14.9 Å². The molecule has 0 bridgehead atoms. The zero-order valence-electron chi connectivity index (χ0n) is 14.6. The minimum Gasteiger partial charge on any atom is -0.432 e. The van der Waals surface area contributed by atoms with Gasteiger partial charge in [-0.05, 0) is 28.2 Å². The number of ether oxygens (including phenoxy) is 1. The van der Waals surface area contributed by atoms with Crippen molar-refractivity contribution >= 4 is 33.1 Å². The van der Waals surface area contributed by atoms with Gasteiger partial charge in [0.1, 0.15) is 17.5 Å². The zero-order chi connectivity index (χ0) is 20.0. The fraction of sp³-hybridized carbons (Fsp3) is 0. The smallest absolute Gasteiger partial charge is 0.393 e. The number of rotatable bonds is 4. The fourth-order valence-electron chi connectivity index (χ4n) is 3.16. The van der Waals surface area contributed by atoms with Gasteiger partial charge in [0.05, 0.1) is 0 Å². The van der Waals surface area contributed by atoms with Crippen molar-refractivity contribution in [3.05, 3.63) is 86.7 Å². The number of nitro groups is 1. The lowest BCUT2D eigenvalue weighted by molar-refractivity contribution is -0.391. The van der Waals surface area contributed by atoms with Gasteiger partial charge in [-0.2, -0.15) is 9.38 Å². The number of fused-ring (bicyclic) bond motifs is 2. The van der Waals surface area contributed by atoms with Gasteiger partial charge in [-0.3, -0.25) is 0 Å². The molecule has 0 spiro atoms. The highest BCUT2D eigenvalue weighted by atomic mass is 32.1. The van der Waals surface area contributed by atoms with Crippen LogP contribution in [0.15, 0.2) is 75.4 Å². The van der Waals surface area contributed by atoms with Crippen LogP contribution in [0.4, 0.5) is 5.82 Å². The minimum atomic E-state index is -0.545. The predicted molar refractivity (Wildman–Crippen MR) is 108 cm³/mol. The highest BCUT2D eigenvalue weighted by Gasteiger charge is 2.26. The molecule has 0 saturated carbocycles. The van der Waals surface area contributed by atoms with Crippen molar-refractivity contribution in [2.24, 2.45) is 0 Å². The summed E-state index contributed by atoms with van der Waals surface area (Å²) >= 11 is 1.26. The average molecular weight is 405 g/mol. The number of nitrogens with zero attached hydrogens (tertiary/aromatic N) is 3. The quantitative estimate of drug-likeness (QED) is 0.240. The summed E-state index contributed by atoms with van der Waals surface area (Å²) in [5.41, 5.74) is 1.43. The first-order valence-electron chi connectivity index (χ1n) is 8.51. The second-order valence-corrected chi connectivity index (χ2v) is 7.03. The fourth-order valence-corrected chi connectivity index (χ4v) is 3.86. The highest BCUT2D eigenvalue weighted by Crippen LogP contribution is 2.35. The first-order chi connectivity index (χ1) is 14.1. The maximum Gasteiger partial charge on any atom is 0.393 e. The normalized spacial score (nSPS) is 11.2. The van der Waals surface area contributed by atoms with Crippen molar-refractivity contribution in [3.8, 4) is 22.8 Å². The van der Waals surface area contributed by atoms with Gasteiger partial charge in [-0.25, -0.2) is 4.79 Å². The van der Waals surface area contributed by atoms with E-state index in [1.165, 1.54) is 27.9 Å². The number of hydrogen-bond acceptors (Lipinski definition) is 7. The molecule has 8 nitrogen and oxygen atoms in total. The molecule has 0 radical (unpaired) electrons. The summed E-state index contributed by atoms with van der Waals surface area (Å²) in [5, 5.41) is 13.9. The summed E-state index contributed by atoms with van der Waals surface area (Å²) < 4.78 is 12.4. The molecular formula is C20H11N3O5S. The molecule has 2 aromatic carbocycles. The van der Waals surface area contributed by atoms with E-state index in [0.29, 0.717) is 10.5 Å². The van der Waals surface area contributed by atoms with E-state index in [0.717, 1.165) is 16.5 Å². The topological polar surface area (TPSA) is 99.9 Å². The maximum atomic E-state index is 12.1. The van der Waals surface area contributed by atoms with Crippen LogP contribution < -0.4 is 10.4 Å². The molecule has 0 saturated heterocycles. The van der Waals surface area contributed by atoms with Crippen molar-refractivity contribution in [3.63, 3.8) is 0 Å². The van der Waals surface area contributed by atoms with E-state index in [4.69, 9.17) is 9.15 Å². The molecular weight excluding hydrogens is 394 g/mol. The van der Waals surface area contributed by atoms with Gasteiger partial charge >= 0.3 is 17.3 Å². The summed E-state index contributed by atoms with van der Waals surface area (Å²) in [4.78, 5) is 27.6. The lowest BCUT2D eigenvalue weighted by Gasteiger charge is -2.07. The van der Waals surface area contributed by atoms with Crippen molar-refractivity contribution < 1.29 is 14.1 Å². The van der Waals surface area contributed by atoms with Crippen LogP contribution in [0.5, 0.6) is 11.6 Å². The number of hydrogen-bond donors (Lipinski definition) is 0. The van der Waals surface area contributed by atoms with E-state index in [1.807, 2.05) is 30.3 Å². The molecule has 142 valence electrons. The molecule has 3 heterocycles. The number of thiazole rings is 1. The van der Waals surface area contributed by atoms with Gasteiger partial charge in [0.2, 0.25) is 0 Å². The summed E-state index contributed by atoms with van der Waals surface area (Å²) in [5.74, 6) is -0.108. The Hall–Kier alpha value is -3.98. The molecule has 0 unspecified atom stereocenters. The van der Waals surface area contributed by atoms with Crippen molar-refractivity contribution in [1.29, 1.82) is 0 Å². The Balaban J connectivity index is 1.61. The molecule has 5 aromatic rings. The van der Waals surface area contributed by atoms with Crippen LogP contribution in [0.3, 0.4) is 0 Å². The van der Waals surface area contributed by atoms with Crippen LogP contribution in [-0.4, -0.2) is 14.3 Å². The Morgan fingerprint density at radius 3 is 2.76 bits per heavy atom. The third kappa shape index (κ3) is 2.93. The average Bonchev–Trinajstić information content (AvgIpc) is 3.28. The third-order valence-corrected chi connectivity index (χ3v) is 5.15. The maximum absolute atomic E-state index is 12.1. The van der Waals surface area contributed by atoms with Crippen molar-refractivity contribution in [1.82, 2.24) is 9.38 Å². The Kier molecular flexibility index (Phi) is 3.88. The van der Waals surface area contributed by atoms with Crippen LogP contribution in [0.25, 0.3) is 27.1 Å². The monoisotopic (exact) mass is 405 g/mol. The van der Waals surface area contributed by atoms with Gasteiger partial charge in [0, 0.05) is 22.9 Å². The lowest BCUT2D eigenvalue weighted by Crippen LogP contribution is -1.99. The molecule has 9 heteroatoms. The van der Waals surface area contributed by atoms with E-state index < -0.39 is 10.5 Å². The van der Waals surface area contributed by atoms with E-state index in [-0.39, 0.29) is 17.4 Å². The summed E-state index contributed by atoms with van der Waals surface area (Å²) in [6, 6.07) is 15.8. The summed E-state index contributed by atoms with van der Waals surface area (Å²) in [6.07, 6.45) is 1.56. The SMILES string of the molecule is O=c1cc(-c2ccccc2)c2ccc(Oc3nc4sccn4c3[N+](=O)[O-])cc2o1. The van der Waals surface area contributed by atoms with Crippen LogP contribution >= 0.6 is 11.3 Å². The van der Waals surface area contributed by atoms with Crippen LogP contribution in [0, 0.1) is 10.1 Å². The first-order valence-corrected chi connectivity index (χ1v) is 9.39. The molecule has 0 N–H and O–H groups in total. The molecule has 0 amide bonds. The molecule has 0 atom stereocenters. The largest absolute Gasteiger partial charge is 0.432 e. The van der Waals surface area contributed by atoms with Crippen LogP contribution in [0.2, 0.25) is 0 Å². The van der Waals surface area contributed by atoms with E-state index >= 15 is 0 Å². The first kappa shape index (κ1) is 17.1. The molecule has 0 aliphatic heterocycles. The number of benzene rings is 2. The molecule has 0 aliphatic rings.